The normalized spacial score (nSPS) is 17.5. The van der Waals surface area contributed by atoms with E-state index in [1.807, 2.05) is 31.2 Å². The minimum Gasteiger partial charge on any atom is -0.493 e. The molecular weight excluding hydrogens is 902 g/mol. The summed E-state index contributed by atoms with van der Waals surface area (Å²) in [4.78, 5) is 74.3. The third-order valence-electron chi connectivity index (χ3n) is 10.6. The monoisotopic (exact) mass is 948 g/mol. The second-order valence-electron chi connectivity index (χ2n) is 16.5. The summed E-state index contributed by atoms with van der Waals surface area (Å²) in [5.41, 5.74) is 2.83. The Morgan fingerprint density at radius 1 is 1.03 bits per heavy atom. The molecule has 5 amide bonds. The van der Waals surface area contributed by atoms with Gasteiger partial charge in [-0.15, -0.1) is 11.3 Å². The Balaban J connectivity index is 0.982. The van der Waals surface area contributed by atoms with Crippen LogP contribution in [0.5, 0.6) is 17.2 Å². The van der Waals surface area contributed by atoms with Gasteiger partial charge in [0, 0.05) is 25.9 Å². The first-order valence-corrected chi connectivity index (χ1v) is 22.3. The van der Waals surface area contributed by atoms with Crippen LogP contribution in [0.3, 0.4) is 0 Å². The zero-order valence-corrected chi connectivity index (χ0v) is 38.2. The van der Waals surface area contributed by atoms with Crippen LogP contribution in [0, 0.1) is 23.7 Å². The summed E-state index contributed by atoms with van der Waals surface area (Å²) < 4.78 is 57.6. The number of alkyl halides is 3. The van der Waals surface area contributed by atoms with Crippen molar-refractivity contribution in [1.29, 1.82) is 5.26 Å². The summed E-state index contributed by atoms with van der Waals surface area (Å²) in [6.45, 7) is 7.02. The molecule has 20 heteroatoms. The molecule has 3 heterocycles. The fourth-order valence-corrected chi connectivity index (χ4v) is 8.84. The number of hydrogen-bond acceptors (Lipinski definition) is 13. The summed E-state index contributed by atoms with van der Waals surface area (Å²) in [7, 11) is 1.28. The lowest BCUT2D eigenvalue weighted by Crippen LogP contribution is -2.57. The molecule has 1 aromatic heterocycles. The molecule has 0 saturated carbocycles. The number of aliphatic hydroxyl groups excluding tert-OH is 1. The number of β-amino-alcohol motifs (C(OH)–C–C–N with tert-alkyl or cyclic N) is 1. The fraction of sp³-hybridized carbons (Fsp3) is 0.370. The first-order valence-electron chi connectivity index (χ1n) is 20.6. The predicted molar refractivity (Wildman–Crippen MR) is 239 cm³/mol. The highest BCUT2D eigenvalue weighted by Crippen LogP contribution is 2.42. The van der Waals surface area contributed by atoms with E-state index in [0.717, 1.165) is 32.7 Å². The maximum absolute atomic E-state index is 14.0. The molecule has 2 fully saturated rings. The number of aromatic nitrogens is 1. The summed E-state index contributed by atoms with van der Waals surface area (Å²) in [5, 5.41) is 24.7. The molecule has 348 valence electrons. The van der Waals surface area contributed by atoms with Gasteiger partial charge in [0.25, 0.3) is 11.1 Å². The van der Waals surface area contributed by atoms with Gasteiger partial charge >= 0.3 is 6.18 Å². The smallest absolute Gasteiger partial charge is 0.420 e. The van der Waals surface area contributed by atoms with Gasteiger partial charge in [0.2, 0.25) is 17.7 Å². The molecule has 6 rings (SSSR count). The van der Waals surface area contributed by atoms with E-state index in [0.29, 0.717) is 23.4 Å². The van der Waals surface area contributed by atoms with Crippen LogP contribution in [0.1, 0.15) is 61.6 Å². The lowest BCUT2D eigenvalue weighted by molar-refractivity contribution is -0.144. The molecule has 3 aromatic carbocycles. The average molecular weight is 949 g/mol. The highest BCUT2D eigenvalue weighted by Gasteiger charge is 2.44. The Hall–Kier alpha value is -6.27. The van der Waals surface area contributed by atoms with Crippen LogP contribution in [0.15, 0.2) is 71.1 Å². The molecule has 0 radical (unpaired) electrons. The quantitative estimate of drug-likeness (QED) is 0.0764. The first kappa shape index (κ1) is 49.2. The van der Waals surface area contributed by atoms with Gasteiger partial charge in [-0.05, 0) is 77.2 Å². The van der Waals surface area contributed by atoms with Crippen LogP contribution in [0.25, 0.3) is 16.5 Å². The van der Waals surface area contributed by atoms with E-state index in [1.165, 1.54) is 42.4 Å². The number of carbonyl (C=O) groups excluding carboxylic acids is 5. The lowest BCUT2D eigenvalue weighted by Gasteiger charge is -2.35. The van der Waals surface area contributed by atoms with Crippen molar-refractivity contribution in [2.75, 3.05) is 33.4 Å². The van der Waals surface area contributed by atoms with Gasteiger partial charge < -0.3 is 34.9 Å². The van der Waals surface area contributed by atoms with E-state index in [1.54, 1.807) is 43.7 Å². The molecule has 3 atom stereocenters. The molecule has 0 aliphatic carbocycles. The first-order chi connectivity index (χ1) is 31.3. The number of halogens is 3. The molecule has 66 heavy (non-hydrogen) atoms. The molecule has 0 bridgehead atoms. The standard InChI is InChI=1S/C46H47F3N6O9S2/c1-26-39(65-25-52-26)30-10-6-27(7-11-30)23-51-41(58)33-21-31(56)24-55(33)43(60)40(45(2,3)4)53-38(57)14-16-63-17-15-54-42(59)37(66-44(54)61)20-28-8-13-35(36(19-28)62-5)64-34-12-9-29(22-50)18-32(34)46(47,48)49/h6-13,18-20,25,31,33,40,56H,14-17,21,23-24H2,1-5H3,(H,51,58)(H,53,57)/b37-20-/t31-,33+,40-/m1/s1. The molecule has 2 saturated heterocycles. The van der Waals surface area contributed by atoms with Gasteiger partial charge in [-0.3, -0.25) is 28.9 Å². The number of aliphatic hydroxyl groups is 1. The van der Waals surface area contributed by atoms with E-state index in [9.17, 15) is 42.3 Å². The Bertz CT molecular complexity index is 2550. The number of likely N-dealkylation sites (tertiary alicyclic amines) is 1. The highest BCUT2D eigenvalue weighted by atomic mass is 32.2. The predicted octanol–water partition coefficient (Wildman–Crippen LogP) is 7.06. The number of nitrogens with zero attached hydrogens (tertiary/aromatic N) is 4. The van der Waals surface area contributed by atoms with Crippen LogP contribution in [-0.4, -0.2) is 100 Å². The molecule has 3 N–H and O–H groups in total. The number of ether oxygens (including phenoxy) is 3. The van der Waals surface area contributed by atoms with Gasteiger partial charge in [0.05, 0.1) is 71.2 Å². The second-order valence-corrected chi connectivity index (χ2v) is 18.3. The van der Waals surface area contributed by atoms with E-state index in [4.69, 9.17) is 19.5 Å². The third kappa shape index (κ3) is 11.9. The molecule has 0 spiro atoms. The fourth-order valence-electron chi connectivity index (χ4n) is 7.17. The topological polar surface area (TPSA) is 200 Å². The van der Waals surface area contributed by atoms with Crippen molar-refractivity contribution < 1.29 is 56.5 Å². The minimum absolute atomic E-state index is 0.0362. The molecule has 15 nitrogen and oxygen atoms in total. The molecule has 0 unspecified atom stereocenters. The zero-order chi connectivity index (χ0) is 47.9. The van der Waals surface area contributed by atoms with Crippen molar-refractivity contribution in [3.05, 3.63) is 99.0 Å². The molecular formula is C46H47F3N6O9S2. The van der Waals surface area contributed by atoms with Crippen LogP contribution >= 0.6 is 23.1 Å². The maximum Gasteiger partial charge on any atom is 0.420 e. The van der Waals surface area contributed by atoms with Crippen LogP contribution in [0.4, 0.5) is 18.0 Å². The zero-order valence-electron chi connectivity index (χ0n) is 36.6. The Labute approximate surface area is 386 Å². The second kappa shape index (κ2) is 20.9. The number of carbonyl (C=O) groups is 5. The van der Waals surface area contributed by atoms with Crippen molar-refractivity contribution in [1.82, 2.24) is 25.4 Å². The summed E-state index contributed by atoms with van der Waals surface area (Å²) in [6, 6.07) is 14.5. The van der Waals surface area contributed by atoms with Crippen LogP contribution in [-0.2, 0) is 36.6 Å². The number of amides is 5. The van der Waals surface area contributed by atoms with Gasteiger partial charge in [-0.25, -0.2) is 4.98 Å². The number of methoxy groups -OCH3 is 1. The van der Waals surface area contributed by atoms with Crippen LogP contribution in [0.2, 0.25) is 0 Å². The van der Waals surface area contributed by atoms with Gasteiger partial charge in [0.15, 0.2) is 11.5 Å². The van der Waals surface area contributed by atoms with Crippen molar-refractivity contribution in [3.63, 3.8) is 0 Å². The number of nitrogens with one attached hydrogen (secondary N) is 2. The van der Waals surface area contributed by atoms with Crippen molar-refractivity contribution in [3.8, 4) is 33.8 Å². The third-order valence-corrected chi connectivity index (χ3v) is 12.5. The number of hydrogen-bond donors (Lipinski definition) is 3. The van der Waals surface area contributed by atoms with Crippen molar-refractivity contribution >= 4 is 58.0 Å². The Kier molecular flexibility index (Phi) is 15.6. The highest BCUT2D eigenvalue weighted by molar-refractivity contribution is 8.18. The number of benzene rings is 3. The number of imide groups is 1. The van der Waals surface area contributed by atoms with Crippen LogP contribution < -0.4 is 20.1 Å². The molecule has 2 aliphatic heterocycles. The number of thiazole rings is 1. The number of thioether (sulfide) groups is 1. The molecule has 2 aliphatic rings. The average Bonchev–Trinajstić information content (AvgIpc) is 3.96. The Morgan fingerprint density at radius 2 is 1.76 bits per heavy atom. The Morgan fingerprint density at radius 3 is 2.41 bits per heavy atom. The van der Waals surface area contributed by atoms with E-state index >= 15 is 0 Å². The maximum atomic E-state index is 14.0. The van der Waals surface area contributed by atoms with E-state index < -0.39 is 70.0 Å². The SMILES string of the molecule is COc1cc(/C=C2\SC(=O)N(CCOCCC(=O)N[C@H](C(=O)N3C[C@H](O)C[C@H]3C(=O)NCc3ccc(-c4scnc4C)cc3)C(C)(C)C)C2=O)ccc1Oc1ccc(C#N)cc1C(F)(F)F. The van der Waals surface area contributed by atoms with Gasteiger partial charge in [-0.1, -0.05) is 51.1 Å². The summed E-state index contributed by atoms with van der Waals surface area (Å²) in [6.07, 6.45) is -4.45. The summed E-state index contributed by atoms with van der Waals surface area (Å²) >= 11 is 2.22. The summed E-state index contributed by atoms with van der Waals surface area (Å²) in [5.74, 6) is -2.65. The lowest BCUT2D eigenvalue weighted by atomic mass is 9.85. The molecule has 4 aromatic rings. The van der Waals surface area contributed by atoms with Gasteiger partial charge in [-0.2, -0.15) is 18.4 Å². The number of nitriles is 1. The largest absolute Gasteiger partial charge is 0.493 e. The van der Waals surface area contributed by atoms with Crippen molar-refractivity contribution in [2.24, 2.45) is 5.41 Å². The van der Waals surface area contributed by atoms with Gasteiger partial charge in [0.1, 0.15) is 17.8 Å². The minimum atomic E-state index is -4.80. The van der Waals surface area contributed by atoms with Crippen molar-refractivity contribution in [2.45, 2.75) is 71.4 Å². The van der Waals surface area contributed by atoms with E-state index in [-0.39, 0.29) is 67.7 Å². The number of rotatable bonds is 16. The van der Waals surface area contributed by atoms with E-state index in [2.05, 4.69) is 15.6 Å². The number of aryl methyl sites for hydroxylation is 1.